The number of rotatable bonds is 3. The molecule has 0 radical (unpaired) electrons. The number of carbonyl (C=O) groups excluding carboxylic acids is 1. The molecule has 7 nitrogen and oxygen atoms in total. The van der Waals surface area contributed by atoms with E-state index in [1.165, 1.54) is 11.8 Å². The average Bonchev–Trinajstić information content (AvgIpc) is 2.90. The molecule has 1 fully saturated rings. The molecule has 1 aliphatic rings. The highest BCUT2D eigenvalue weighted by Crippen LogP contribution is 2.16. The lowest BCUT2D eigenvalue weighted by Gasteiger charge is -2.09. The molecule has 0 aliphatic carbocycles. The summed E-state index contributed by atoms with van der Waals surface area (Å²) in [6.45, 7) is 1.29. The van der Waals surface area contributed by atoms with Crippen LogP contribution in [0.25, 0.3) is 0 Å². The first kappa shape index (κ1) is 10.9. The third-order valence-electron chi connectivity index (χ3n) is 2.55. The van der Waals surface area contributed by atoms with Crippen LogP contribution in [-0.4, -0.2) is 40.8 Å². The average molecular weight is 226 g/mol. The fourth-order valence-corrected chi connectivity index (χ4v) is 1.68. The summed E-state index contributed by atoms with van der Waals surface area (Å²) >= 11 is 0. The van der Waals surface area contributed by atoms with Gasteiger partial charge >= 0.3 is 5.97 Å². The SMILES string of the molecule is COC(=O)c1nnn(CC2CCCO2)c1N. The zero-order valence-electron chi connectivity index (χ0n) is 9.05. The highest BCUT2D eigenvalue weighted by Gasteiger charge is 2.22. The number of nitrogens with zero attached hydrogens (tertiary/aromatic N) is 3. The number of ether oxygens (including phenoxy) is 2. The van der Waals surface area contributed by atoms with E-state index in [4.69, 9.17) is 10.5 Å². The normalized spacial score (nSPS) is 19.9. The van der Waals surface area contributed by atoms with Gasteiger partial charge in [0.2, 0.25) is 5.69 Å². The summed E-state index contributed by atoms with van der Waals surface area (Å²) < 4.78 is 11.5. The third-order valence-corrected chi connectivity index (χ3v) is 2.55. The molecule has 1 atom stereocenters. The van der Waals surface area contributed by atoms with Crippen LogP contribution in [0.4, 0.5) is 5.82 Å². The molecule has 2 rings (SSSR count). The standard InChI is InChI=1S/C9H14N4O3/c1-15-9(14)7-8(10)13(12-11-7)5-6-3-2-4-16-6/h6H,2-5,10H2,1H3. The van der Waals surface area contributed by atoms with Gasteiger partial charge in [0.1, 0.15) is 0 Å². The monoisotopic (exact) mass is 226 g/mol. The molecule has 1 aliphatic heterocycles. The highest BCUT2D eigenvalue weighted by atomic mass is 16.5. The van der Waals surface area contributed by atoms with E-state index in [9.17, 15) is 4.79 Å². The van der Waals surface area contributed by atoms with Crippen molar-refractivity contribution in [1.82, 2.24) is 15.0 Å². The van der Waals surface area contributed by atoms with E-state index in [1.54, 1.807) is 0 Å². The van der Waals surface area contributed by atoms with Gasteiger partial charge in [0, 0.05) is 6.61 Å². The van der Waals surface area contributed by atoms with Crippen molar-refractivity contribution in [3.8, 4) is 0 Å². The van der Waals surface area contributed by atoms with Gasteiger partial charge in [-0.25, -0.2) is 9.48 Å². The summed E-state index contributed by atoms with van der Waals surface area (Å²) in [6, 6.07) is 0. The Morgan fingerprint density at radius 2 is 2.56 bits per heavy atom. The zero-order chi connectivity index (χ0) is 11.5. The maximum atomic E-state index is 11.2. The number of carbonyl (C=O) groups is 1. The summed E-state index contributed by atoms with van der Waals surface area (Å²) in [5.41, 5.74) is 5.80. The van der Waals surface area contributed by atoms with Gasteiger partial charge in [-0.1, -0.05) is 5.21 Å². The van der Waals surface area contributed by atoms with Gasteiger partial charge in [-0.3, -0.25) is 0 Å². The lowest BCUT2D eigenvalue weighted by atomic mass is 10.2. The van der Waals surface area contributed by atoms with Crippen LogP contribution in [-0.2, 0) is 16.0 Å². The van der Waals surface area contributed by atoms with Gasteiger partial charge in [-0.2, -0.15) is 0 Å². The summed E-state index contributed by atoms with van der Waals surface area (Å²) in [5.74, 6) is -0.349. The molecular formula is C9H14N4O3. The van der Waals surface area contributed by atoms with Crippen LogP contribution >= 0.6 is 0 Å². The van der Waals surface area contributed by atoms with Crippen LogP contribution in [0.3, 0.4) is 0 Å². The third kappa shape index (κ3) is 1.99. The van der Waals surface area contributed by atoms with E-state index in [0.29, 0.717) is 6.54 Å². The number of hydrogen-bond acceptors (Lipinski definition) is 6. The maximum Gasteiger partial charge on any atom is 0.362 e. The smallest absolute Gasteiger partial charge is 0.362 e. The molecule has 0 saturated carbocycles. The second kappa shape index (κ2) is 4.48. The van der Waals surface area contributed by atoms with Crippen LogP contribution in [0.5, 0.6) is 0 Å². The van der Waals surface area contributed by atoms with Crippen LogP contribution in [0.1, 0.15) is 23.3 Å². The second-order valence-corrected chi connectivity index (χ2v) is 3.63. The molecule has 0 amide bonds. The van der Waals surface area contributed by atoms with E-state index in [2.05, 4.69) is 15.0 Å². The molecule has 2 heterocycles. The van der Waals surface area contributed by atoms with Crippen molar-refractivity contribution in [2.24, 2.45) is 0 Å². The van der Waals surface area contributed by atoms with Crippen LogP contribution < -0.4 is 5.73 Å². The summed E-state index contributed by atoms with van der Waals surface area (Å²) in [4.78, 5) is 11.2. The first-order valence-corrected chi connectivity index (χ1v) is 5.11. The van der Waals surface area contributed by atoms with E-state index >= 15 is 0 Å². The van der Waals surface area contributed by atoms with Crippen molar-refractivity contribution >= 4 is 11.8 Å². The molecule has 1 aromatic heterocycles. The quantitative estimate of drug-likeness (QED) is 0.719. The Morgan fingerprint density at radius 3 is 3.19 bits per heavy atom. The predicted molar refractivity (Wildman–Crippen MR) is 54.7 cm³/mol. The van der Waals surface area contributed by atoms with Crippen LogP contribution in [0.15, 0.2) is 0 Å². The van der Waals surface area contributed by atoms with E-state index < -0.39 is 5.97 Å². The number of hydrogen-bond donors (Lipinski definition) is 1. The van der Waals surface area contributed by atoms with E-state index in [1.807, 2.05) is 0 Å². The van der Waals surface area contributed by atoms with Gasteiger partial charge in [-0.05, 0) is 12.8 Å². The fraction of sp³-hybridized carbons (Fsp3) is 0.667. The van der Waals surface area contributed by atoms with Crippen molar-refractivity contribution in [2.75, 3.05) is 19.5 Å². The molecular weight excluding hydrogens is 212 g/mol. The number of esters is 1. The van der Waals surface area contributed by atoms with Gasteiger partial charge < -0.3 is 15.2 Å². The molecule has 1 saturated heterocycles. The Labute approximate surface area is 92.5 Å². The first-order valence-electron chi connectivity index (χ1n) is 5.11. The number of nitrogens with two attached hydrogens (primary N) is 1. The Kier molecular flexibility index (Phi) is 3.04. The Hall–Kier alpha value is -1.63. The van der Waals surface area contributed by atoms with E-state index in [-0.39, 0.29) is 17.6 Å². The largest absolute Gasteiger partial charge is 0.464 e. The highest BCUT2D eigenvalue weighted by molar-refractivity contribution is 5.91. The molecule has 1 aromatic rings. The predicted octanol–water partition coefficient (Wildman–Crippen LogP) is -0.174. The van der Waals surface area contributed by atoms with Crippen molar-refractivity contribution in [3.63, 3.8) is 0 Å². The molecule has 88 valence electrons. The maximum absolute atomic E-state index is 11.2. The number of aromatic nitrogens is 3. The molecule has 7 heteroatoms. The van der Waals surface area contributed by atoms with Crippen molar-refractivity contribution in [2.45, 2.75) is 25.5 Å². The molecule has 1 unspecified atom stereocenters. The van der Waals surface area contributed by atoms with Crippen LogP contribution in [0, 0.1) is 0 Å². The lowest BCUT2D eigenvalue weighted by Crippen LogP contribution is -2.18. The van der Waals surface area contributed by atoms with Gasteiger partial charge in [0.05, 0.1) is 19.8 Å². The second-order valence-electron chi connectivity index (χ2n) is 3.63. The minimum atomic E-state index is -0.573. The Bertz CT molecular complexity index is 384. The van der Waals surface area contributed by atoms with Crippen molar-refractivity contribution in [1.29, 1.82) is 0 Å². The topological polar surface area (TPSA) is 92.3 Å². The van der Waals surface area contributed by atoms with Crippen molar-refractivity contribution < 1.29 is 14.3 Å². The molecule has 0 bridgehead atoms. The Morgan fingerprint density at radius 1 is 1.75 bits per heavy atom. The van der Waals surface area contributed by atoms with Crippen molar-refractivity contribution in [3.05, 3.63) is 5.69 Å². The number of nitrogen functional groups attached to an aromatic ring is 1. The number of methoxy groups -OCH3 is 1. The summed E-state index contributed by atoms with van der Waals surface area (Å²) in [6.07, 6.45) is 2.13. The molecule has 0 aromatic carbocycles. The van der Waals surface area contributed by atoms with Gasteiger partial charge in [0.25, 0.3) is 0 Å². The molecule has 0 spiro atoms. The van der Waals surface area contributed by atoms with Gasteiger partial charge in [-0.15, -0.1) is 5.10 Å². The summed E-state index contributed by atoms with van der Waals surface area (Å²) in [7, 11) is 1.28. The fourth-order valence-electron chi connectivity index (χ4n) is 1.68. The minimum absolute atomic E-state index is 0.0560. The zero-order valence-corrected chi connectivity index (χ0v) is 9.05. The van der Waals surface area contributed by atoms with Gasteiger partial charge in [0.15, 0.2) is 5.82 Å². The van der Waals surface area contributed by atoms with E-state index in [0.717, 1.165) is 19.4 Å². The summed E-state index contributed by atoms with van der Waals surface area (Å²) in [5, 5.41) is 7.50. The van der Waals surface area contributed by atoms with Crippen LogP contribution in [0.2, 0.25) is 0 Å². The lowest BCUT2D eigenvalue weighted by molar-refractivity contribution is 0.0595. The molecule has 2 N–H and O–H groups in total. The Balaban J connectivity index is 2.10. The molecule has 16 heavy (non-hydrogen) atoms. The first-order chi connectivity index (χ1) is 7.72. The minimum Gasteiger partial charge on any atom is -0.464 e. The number of anilines is 1.